The van der Waals surface area contributed by atoms with E-state index in [2.05, 4.69) is 5.32 Å². The highest BCUT2D eigenvalue weighted by molar-refractivity contribution is 7.91. The van der Waals surface area contributed by atoms with Gasteiger partial charge < -0.3 is 10.4 Å². The van der Waals surface area contributed by atoms with Gasteiger partial charge in [0.1, 0.15) is 5.75 Å². The fourth-order valence-corrected chi connectivity index (χ4v) is 4.87. The summed E-state index contributed by atoms with van der Waals surface area (Å²) in [4.78, 5) is 0. The van der Waals surface area contributed by atoms with Crippen LogP contribution in [-0.4, -0.2) is 30.6 Å². The lowest BCUT2D eigenvalue weighted by atomic mass is 10.0. The lowest BCUT2D eigenvalue weighted by Gasteiger charge is -2.24. The SMILES string of the molecule is CC1(NCc2cc(Cl)cc(Cl)c2O)CCS(=O)(=O)C1. The lowest BCUT2D eigenvalue weighted by Crippen LogP contribution is -2.42. The highest BCUT2D eigenvalue weighted by Gasteiger charge is 2.37. The summed E-state index contributed by atoms with van der Waals surface area (Å²) in [5.41, 5.74) is 0.0862. The number of phenols is 1. The standard InChI is InChI=1S/C12H15Cl2NO3S/c1-12(2-3-19(17,18)7-12)15-6-8-4-9(13)5-10(14)11(8)16/h4-5,15-16H,2-3,6-7H2,1H3. The van der Waals surface area contributed by atoms with Gasteiger partial charge in [-0.1, -0.05) is 23.2 Å². The minimum atomic E-state index is -2.96. The smallest absolute Gasteiger partial charge is 0.152 e. The first-order valence-corrected chi connectivity index (χ1v) is 8.41. The molecule has 7 heteroatoms. The Hall–Kier alpha value is -0.490. The van der Waals surface area contributed by atoms with Crippen LogP contribution < -0.4 is 5.32 Å². The molecule has 1 unspecified atom stereocenters. The molecule has 1 heterocycles. The molecule has 1 fully saturated rings. The second-order valence-electron chi connectivity index (χ2n) is 5.15. The van der Waals surface area contributed by atoms with E-state index in [1.807, 2.05) is 6.92 Å². The van der Waals surface area contributed by atoms with E-state index in [-0.39, 0.29) is 22.3 Å². The molecule has 4 nitrogen and oxygen atoms in total. The molecule has 0 saturated carbocycles. The van der Waals surface area contributed by atoms with Crippen molar-refractivity contribution in [2.24, 2.45) is 0 Å². The normalized spacial score (nSPS) is 25.6. The molecule has 0 aliphatic carbocycles. The van der Waals surface area contributed by atoms with Crippen LogP contribution in [0.25, 0.3) is 0 Å². The Morgan fingerprint density at radius 1 is 1.42 bits per heavy atom. The van der Waals surface area contributed by atoms with Crippen molar-refractivity contribution in [2.45, 2.75) is 25.4 Å². The Morgan fingerprint density at radius 3 is 2.68 bits per heavy atom. The van der Waals surface area contributed by atoms with E-state index in [1.54, 1.807) is 6.07 Å². The van der Waals surface area contributed by atoms with Gasteiger partial charge in [0.05, 0.1) is 16.5 Å². The molecule has 106 valence electrons. The molecule has 1 saturated heterocycles. The third-order valence-corrected chi connectivity index (χ3v) is 5.73. The van der Waals surface area contributed by atoms with Crippen molar-refractivity contribution < 1.29 is 13.5 Å². The Labute approximate surface area is 122 Å². The zero-order valence-electron chi connectivity index (χ0n) is 10.4. The van der Waals surface area contributed by atoms with Crippen molar-refractivity contribution in [1.29, 1.82) is 0 Å². The number of halogens is 2. The summed E-state index contributed by atoms with van der Waals surface area (Å²) < 4.78 is 23.0. The van der Waals surface area contributed by atoms with E-state index in [4.69, 9.17) is 23.2 Å². The largest absolute Gasteiger partial charge is 0.506 e. The van der Waals surface area contributed by atoms with Crippen molar-refractivity contribution in [1.82, 2.24) is 5.32 Å². The highest BCUT2D eigenvalue weighted by atomic mass is 35.5. The summed E-state index contributed by atoms with van der Waals surface area (Å²) in [5, 5.41) is 13.6. The molecular weight excluding hydrogens is 309 g/mol. The minimum Gasteiger partial charge on any atom is -0.506 e. The Bertz CT molecular complexity index is 603. The average Bonchev–Trinajstić information content (AvgIpc) is 2.57. The molecule has 0 amide bonds. The molecule has 1 aromatic carbocycles. The molecular formula is C12H15Cl2NO3S. The topological polar surface area (TPSA) is 66.4 Å². The molecule has 2 N–H and O–H groups in total. The Balaban J connectivity index is 2.12. The number of phenolic OH excluding ortho intramolecular Hbond substituents is 1. The minimum absolute atomic E-state index is 0.0250. The maximum atomic E-state index is 11.5. The molecule has 1 aliphatic rings. The van der Waals surface area contributed by atoms with Crippen molar-refractivity contribution in [3.63, 3.8) is 0 Å². The number of rotatable bonds is 3. The summed E-state index contributed by atoms with van der Waals surface area (Å²) in [5.74, 6) is 0.274. The van der Waals surface area contributed by atoms with Gasteiger partial charge in [0.25, 0.3) is 0 Å². The third-order valence-electron chi connectivity index (χ3n) is 3.32. The number of benzene rings is 1. The number of hydrogen-bond donors (Lipinski definition) is 2. The van der Waals surface area contributed by atoms with Crippen LogP contribution in [0.1, 0.15) is 18.9 Å². The zero-order chi connectivity index (χ0) is 14.3. The zero-order valence-corrected chi connectivity index (χ0v) is 12.7. The number of aromatic hydroxyl groups is 1. The van der Waals surface area contributed by atoms with E-state index in [0.717, 1.165) is 0 Å². The number of hydrogen-bond acceptors (Lipinski definition) is 4. The Morgan fingerprint density at radius 2 is 2.11 bits per heavy atom. The number of nitrogens with one attached hydrogen (secondary N) is 1. The van der Waals surface area contributed by atoms with Gasteiger partial charge in [-0.05, 0) is 25.5 Å². The monoisotopic (exact) mass is 323 g/mol. The van der Waals surface area contributed by atoms with Crippen LogP contribution in [0.5, 0.6) is 5.75 Å². The first-order chi connectivity index (χ1) is 8.71. The lowest BCUT2D eigenvalue weighted by molar-refractivity contribution is 0.388. The van der Waals surface area contributed by atoms with Gasteiger partial charge in [-0.3, -0.25) is 0 Å². The van der Waals surface area contributed by atoms with Crippen LogP contribution in [0.15, 0.2) is 12.1 Å². The van der Waals surface area contributed by atoms with Crippen LogP contribution >= 0.6 is 23.2 Å². The van der Waals surface area contributed by atoms with Crippen molar-refractivity contribution >= 4 is 33.0 Å². The van der Waals surface area contributed by atoms with Crippen molar-refractivity contribution in [3.8, 4) is 5.75 Å². The molecule has 0 bridgehead atoms. The van der Waals surface area contributed by atoms with E-state index < -0.39 is 15.4 Å². The molecule has 0 spiro atoms. The second kappa shape index (κ2) is 5.13. The van der Waals surface area contributed by atoms with Crippen molar-refractivity contribution in [3.05, 3.63) is 27.7 Å². The van der Waals surface area contributed by atoms with Crippen LogP contribution in [0.3, 0.4) is 0 Å². The molecule has 19 heavy (non-hydrogen) atoms. The Kier molecular flexibility index (Phi) is 4.02. The second-order valence-corrected chi connectivity index (χ2v) is 8.18. The molecule has 2 rings (SSSR count). The van der Waals surface area contributed by atoms with E-state index in [0.29, 0.717) is 23.6 Å². The fourth-order valence-electron chi connectivity index (χ4n) is 2.21. The first kappa shape index (κ1) is 14.9. The van der Waals surface area contributed by atoms with Gasteiger partial charge in [-0.2, -0.15) is 0 Å². The number of sulfone groups is 1. The van der Waals surface area contributed by atoms with Gasteiger partial charge in [0.2, 0.25) is 0 Å². The molecule has 1 atom stereocenters. The van der Waals surface area contributed by atoms with Gasteiger partial charge in [-0.25, -0.2) is 8.42 Å². The molecule has 1 aliphatic heterocycles. The quantitative estimate of drug-likeness (QED) is 0.896. The first-order valence-electron chi connectivity index (χ1n) is 5.83. The molecule has 0 aromatic heterocycles. The van der Waals surface area contributed by atoms with Gasteiger partial charge >= 0.3 is 0 Å². The average molecular weight is 324 g/mol. The summed E-state index contributed by atoms with van der Waals surface area (Å²) in [6.07, 6.45) is 0.560. The molecule has 1 aromatic rings. The van der Waals surface area contributed by atoms with Gasteiger partial charge in [0.15, 0.2) is 9.84 Å². The van der Waals surface area contributed by atoms with Crippen molar-refractivity contribution in [2.75, 3.05) is 11.5 Å². The van der Waals surface area contributed by atoms with Crippen LogP contribution in [-0.2, 0) is 16.4 Å². The van der Waals surface area contributed by atoms with Crippen LogP contribution in [0.4, 0.5) is 0 Å². The highest BCUT2D eigenvalue weighted by Crippen LogP contribution is 2.32. The van der Waals surface area contributed by atoms with E-state index >= 15 is 0 Å². The summed E-state index contributed by atoms with van der Waals surface area (Å²) in [7, 11) is -2.96. The van der Waals surface area contributed by atoms with Gasteiger partial charge in [0, 0.05) is 22.7 Å². The predicted molar refractivity (Wildman–Crippen MR) is 76.6 cm³/mol. The van der Waals surface area contributed by atoms with Crippen LogP contribution in [0.2, 0.25) is 10.0 Å². The maximum absolute atomic E-state index is 11.5. The summed E-state index contributed by atoms with van der Waals surface area (Å²) in [6.45, 7) is 2.18. The van der Waals surface area contributed by atoms with E-state index in [1.165, 1.54) is 6.07 Å². The van der Waals surface area contributed by atoms with Gasteiger partial charge in [-0.15, -0.1) is 0 Å². The third kappa shape index (κ3) is 3.54. The maximum Gasteiger partial charge on any atom is 0.152 e. The van der Waals surface area contributed by atoms with E-state index in [9.17, 15) is 13.5 Å². The summed E-state index contributed by atoms with van der Waals surface area (Å²) in [6, 6.07) is 3.08. The fraction of sp³-hybridized carbons (Fsp3) is 0.500. The molecule has 0 radical (unpaired) electrons. The predicted octanol–water partition coefficient (Wildman–Crippen LogP) is 2.37. The summed E-state index contributed by atoms with van der Waals surface area (Å²) >= 11 is 11.7. The van der Waals surface area contributed by atoms with Crippen LogP contribution in [0, 0.1) is 0 Å².